The molecule has 0 aliphatic heterocycles. The number of carboxylic acids is 1. The van der Waals surface area contributed by atoms with E-state index in [0.29, 0.717) is 5.56 Å². The topological polar surface area (TPSA) is 76.4 Å². The molecule has 1 aromatic heterocycles. The molecular formula is C15H11F2NO4. The minimum Gasteiger partial charge on any atom is -0.475 e. The molecule has 114 valence electrons. The summed E-state index contributed by atoms with van der Waals surface area (Å²) in [5.41, 5.74) is 0.549. The largest absolute Gasteiger partial charge is 0.475 e. The number of hydrogen-bond donors (Lipinski definition) is 1. The zero-order valence-corrected chi connectivity index (χ0v) is 11.3. The molecule has 22 heavy (non-hydrogen) atoms. The van der Waals surface area contributed by atoms with E-state index in [4.69, 9.17) is 5.11 Å². The monoisotopic (exact) mass is 307 g/mol. The first-order valence-corrected chi connectivity index (χ1v) is 6.27. The second-order valence-corrected chi connectivity index (χ2v) is 4.60. The van der Waals surface area contributed by atoms with Crippen molar-refractivity contribution in [1.82, 2.24) is 4.57 Å². The molecule has 0 saturated carbocycles. The van der Waals surface area contributed by atoms with Gasteiger partial charge in [-0.25, -0.2) is 13.6 Å². The number of benzene rings is 1. The van der Waals surface area contributed by atoms with Crippen LogP contribution in [0.1, 0.15) is 22.5 Å². The fourth-order valence-electron chi connectivity index (χ4n) is 1.95. The second kappa shape index (κ2) is 6.30. The number of rotatable bonds is 6. The fourth-order valence-corrected chi connectivity index (χ4v) is 1.95. The minimum absolute atomic E-state index is 0.0898. The molecule has 0 aliphatic rings. The average Bonchev–Trinajstić information content (AvgIpc) is 2.91. The van der Waals surface area contributed by atoms with Gasteiger partial charge in [0.05, 0.1) is 12.1 Å². The van der Waals surface area contributed by atoms with Crippen LogP contribution in [0.5, 0.6) is 0 Å². The van der Waals surface area contributed by atoms with Crippen LogP contribution in [-0.2, 0) is 16.1 Å². The lowest BCUT2D eigenvalue weighted by atomic mass is 10.1. The Bertz CT molecular complexity index is 752. The zero-order valence-electron chi connectivity index (χ0n) is 11.3. The lowest BCUT2D eigenvalue weighted by Gasteiger charge is -2.08. The Morgan fingerprint density at radius 2 is 1.82 bits per heavy atom. The summed E-state index contributed by atoms with van der Waals surface area (Å²) in [5, 5.41) is 8.50. The van der Waals surface area contributed by atoms with Gasteiger partial charge in [-0.05, 0) is 29.8 Å². The van der Waals surface area contributed by atoms with Gasteiger partial charge in [0.25, 0.3) is 0 Å². The smallest absolute Gasteiger partial charge is 0.372 e. The summed E-state index contributed by atoms with van der Waals surface area (Å²) >= 11 is 0. The van der Waals surface area contributed by atoms with E-state index in [2.05, 4.69) is 0 Å². The lowest BCUT2D eigenvalue weighted by molar-refractivity contribution is -0.148. The third-order valence-corrected chi connectivity index (χ3v) is 3.01. The molecule has 0 amide bonds. The van der Waals surface area contributed by atoms with Crippen molar-refractivity contribution >= 4 is 17.5 Å². The van der Waals surface area contributed by atoms with Gasteiger partial charge in [0.2, 0.25) is 5.78 Å². The number of Topliss-reactive ketones (excluding diaryl/α,β-unsaturated/α-hetero) is 2. The van der Waals surface area contributed by atoms with E-state index in [-0.39, 0.29) is 12.2 Å². The van der Waals surface area contributed by atoms with Gasteiger partial charge >= 0.3 is 5.97 Å². The van der Waals surface area contributed by atoms with E-state index in [1.54, 1.807) is 6.07 Å². The maximum Gasteiger partial charge on any atom is 0.372 e. The Morgan fingerprint density at radius 1 is 1.09 bits per heavy atom. The normalized spacial score (nSPS) is 10.5. The molecule has 0 atom stereocenters. The summed E-state index contributed by atoms with van der Waals surface area (Å²) in [6.45, 7) is 0.0898. The van der Waals surface area contributed by atoms with Crippen molar-refractivity contribution in [2.24, 2.45) is 0 Å². The van der Waals surface area contributed by atoms with E-state index >= 15 is 0 Å². The fraction of sp³-hybridized carbons (Fsp3) is 0.133. The molecule has 1 heterocycles. The molecule has 1 aromatic carbocycles. The van der Waals surface area contributed by atoms with Crippen LogP contribution in [0.3, 0.4) is 0 Å². The molecule has 0 unspecified atom stereocenters. The SMILES string of the molecule is O=C(O)C(=O)CC(=O)c1cccn1Cc1ccc(F)c(F)c1. The van der Waals surface area contributed by atoms with Crippen LogP contribution in [0.2, 0.25) is 0 Å². The maximum atomic E-state index is 13.2. The first-order chi connectivity index (χ1) is 10.4. The molecule has 0 radical (unpaired) electrons. The number of halogens is 2. The van der Waals surface area contributed by atoms with Crippen LogP contribution in [-0.4, -0.2) is 27.2 Å². The van der Waals surface area contributed by atoms with Crippen molar-refractivity contribution in [3.8, 4) is 0 Å². The van der Waals surface area contributed by atoms with Crippen molar-refractivity contribution in [2.75, 3.05) is 0 Å². The second-order valence-electron chi connectivity index (χ2n) is 4.60. The van der Waals surface area contributed by atoms with Crippen LogP contribution in [0, 0.1) is 11.6 Å². The number of carbonyl (C=O) groups excluding carboxylic acids is 2. The number of nitrogens with zero attached hydrogens (tertiary/aromatic N) is 1. The highest BCUT2D eigenvalue weighted by molar-refractivity contribution is 6.37. The van der Waals surface area contributed by atoms with Gasteiger partial charge in [-0.15, -0.1) is 0 Å². The van der Waals surface area contributed by atoms with Gasteiger partial charge in [-0.2, -0.15) is 0 Å². The van der Waals surface area contributed by atoms with Crippen molar-refractivity contribution < 1.29 is 28.3 Å². The summed E-state index contributed by atoms with van der Waals surface area (Å²) in [7, 11) is 0. The van der Waals surface area contributed by atoms with Gasteiger partial charge < -0.3 is 9.67 Å². The molecule has 2 aromatic rings. The molecule has 0 saturated heterocycles. The van der Waals surface area contributed by atoms with Gasteiger partial charge in [0.1, 0.15) is 0 Å². The molecule has 7 heteroatoms. The third-order valence-electron chi connectivity index (χ3n) is 3.01. The van der Waals surface area contributed by atoms with Crippen molar-refractivity contribution in [3.63, 3.8) is 0 Å². The number of ketones is 2. The van der Waals surface area contributed by atoms with Crippen LogP contribution in [0.25, 0.3) is 0 Å². The summed E-state index contributed by atoms with van der Waals surface area (Å²) in [4.78, 5) is 33.5. The Kier molecular flexibility index (Phi) is 4.45. The van der Waals surface area contributed by atoms with Crippen LogP contribution < -0.4 is 0 Å². The van der Waals surface area contributed by atoms with Crippen molar-refractivity contribution in [1.29, 1.82) is 0 Å². The summed E-state index contributed by atoms with van der Waals surface area (Å²) in [6.07, 6.45) is 0.775. The molecule has 0 fully saturated rings. The quantitative estimate of drug-likeness (QED) is 0.503. The highest BCUT2D eigenvalue weighted by Gasteiger charge is 2.20. The number of aromatic nitrogens is 1. The van der Waals surface area contributed by atoms with Crippen LogP contribution in [0.4, 0.5) is 8.78 Å². The number of aliphatic carboxylic acids is 1. The van der Waals surface area contributed by atoms with Crippen molar-refractivity contribution in [3.05, 3.63) is 59.4 Å². The molecule has 5 nitrogen and oxygen atoms in total. The minimum atomic E-state index is -1.67. The summed E-state index contributed by atoms with van der Waals surface area (Å²) in [5.74, 6) is -5.50. The van der Waals surface area contributed by atoms with E-state index in [0.717, 1.165) is 12.1 Å². The zero-order chi connectivity index (χ0) is 16.3. The highest BCUT2D eigenvalue weighted by Crippen LogP contribution is 2.13. The van der Waals surface area contributed by atoms with Crippen molar-refractivity contribution in [2.45, 2.75) is 13.0 Å². The van der Waals surface area contributed by atoms with E-state index in [1.807, 2.05) is 0 Å². The maximum absolute atomic E-state index is 13.2. The van der Waals surface area contributed by atoms with Gasteiger partial charge in [0, 0.05) is 12.7 Å². The Balaban J connectivity index is 2.18. The molecular weight excluding hydrogens is 296 g/mol. The third kappa shape index (κ3) is 3.43. The number of carboxylic acid groups (broad SMARTS) is 1. The van der Waals surface area contributed by atoms with Crippen LogP contribution >= 0.6 is 0 Å². The predicted molar refractivity (Wildman–Crippen MR) is 71.5 cm³/mol. The molecule has 2 rings (SSSR count). The first-order valence-electron chi connectivity index (χ1n) is 6.27. The Labute approximate surface area is 123 Å². The van der Waals surface area contributed by atoms with E-state index in [9.17, 15) is 23.2 Å². The Hall–Kier alpha value is -2.83. The number of carbonyl (C=O) groups is 3. The van der Waals surface area contributed by atoms with Crippen LogP contribution in [0.15, 0.2) is 36.5 Å². The average molecular weight is 307 g/mol. The standard InChI is InChI=1S/C15H11F2NO4/c16-10-4-3-9(6-11(10)17)8-18-5-1-2-12(18)13(19)7-14(20)15(21)22/h1-6H,7-8H2,(H,21,22). The van der Waals surface area contributed by atoms with Gasteiger partial charge in [-0.3, -0.25) is 9.59 Å². The highest BCUT2D eigenvalue weighted by atomic mass is 19.2. The van der Waals surface area contributed by atoms with Gasteiger partial charge in [0.15, 0.2) is 17.4 Å². The molecule has 0 aliphatic carbocycles. The molecule has 0 spiro atoms. The van der Waals surface area contributed by atoms with E-state index in [1.165, 1.54) is 22.9 Å². The first kappa shape index (κ1) is 15.6. The van der Waals surface area contributed by atoms with Gasteiger partial charge in [-0.1, -0.05) is 6.07 Å². The summed E-state index contributed by atoms with van der Waals surface area (Å²) < 4.78 is 27.5. The summed E-state index contributed by atoms with van der Waals surface area (Å²) in [6, 6.07) is 6.32. The predicted octanol–water partition coefficient (Wildman–Crippen LogP) is 2.04. The Morgan fingerprint density at radius 3 is 2.45 bits per heavy atom. The molecule has 1 N–H and O–H groups in total. The molecule has 0 bridgehead atoms. The lowest BCUT2D eigenvalue weighted by Crippen LogP contribution is -2.19. The van der Waals surface area contributed by atoms with E-state index < -0.39 is 35.6 Å². The number of hydrogen-bond acceptors (Lipinski definition) is 3.